The Hall–Kier alpha value is -1.20. The summed E-state index contributed by atoms with van der Waals surface area (Å²) in [4.78, 5) is 1.99. The number of aliphatic hydroxyl groups is 2. The number of aliphatic hydroxyl groups excluding tert-OH is 1. The summed E-state index contributed by atoms with van der Waals surface area (Å²) in [6.45, 7) is 3.10. The van der Waals surface area contributed by atoms with E-state index in [2.05, 4.69) is 10.2 Å². The van der Waals surface area contributed by atoms with Gasteiger partial charge in [0.25, 0.3) is 0 Å². The molecule has 0 aromatic carbocycles. The Labute approximate surface area is 88.4 Å². The number of nitrogens with zero attached hydrogens (tertiary/aromatic N) is 3. The molecule has 2 N–H and O–H groups in total. The molecule has 1 aliphatic heterocycles. The normalized spacial score (nSPS) is 25.9. The molecule has 1 aromatic heterocycles. The Morgan fingerprint density at radius 1 is 1.47 bits per heavy atom. The number of hydrogen-bond donors (Lipinski definition) is 2. The summed E-state index contributed by atoms with van der Waals surface area (Å²) in [6.07, 6.45) is 0.746. The van der Waals surface area contributed by atoms with Crippen LogP contribution in [0.1, 0.15) is 19.0 Å². The fraction of sp³-hybridized carbons (Fsp3) is 0.600. The average Bonchev–Trinajstić information content (AvgIpc) is 2.59. The molecule has 15 heavy (non-hydrogen) atoms. The topological polar surface area (TPSA) is 69.5 Å². The van der Waals surface area contributed by atoms with Crippen molar-refractivity contribution in [1.82, 2.24) is 10.2 Å². The highest BCUT2D eigenvalue weighted by atomic mass is 16.3. The van der Waals surface area contributed by atoms with Crippen molar-refractivity contribution in [2.24, 2.45) is 0 Å². The molecule has 0 radical (unpaired) electrons. The first-order valence-electron chi connectivity index (χ1n) is 5.01. The van der Waals surface area contributed by atoms with Gasteiger partial charge in [-0.3, -0.25) is 0 Å². The van der Waals surface area contributed by atoms with Crippen LogP contribution in [-0.2, 0) is 6.61 Å². The average molecular weight is 209 g/mol. The summed E-state index contributed by atoms with van der Waals surface area (Å²) in [7, 11) is 0. The molecule has 2 heterocycles. The van der Waals surface area contributed by atoms with Crippen molar-refractivity contribution >= 4 is 5.82 Å². The Morgan fingerprint density at radius 3 is 2.73 bits per heavy atom. The minimum atomic E-state index is -0.628. The van der Waals surface area contributed by atoms with Crippen molar-refractivity contribution in [1.29, 1.82) is 0 Å². The summed E-state index contributed by atoms with van der Waals surface area (Å²) in [6, 6.07) is 3.56. The molecule has 0 aliphatic carbocycles. The van der Waals surface area contributed by atoms with Crippen LogP contribution in [0.3, 0.4) is 0 Å². The van der Waals surface area contributed by atoms with Crippen LogP contribution in [-0.4, -0.2) is 39.1 Å². The molecular formula is C10H15N3O2. The minimum absolute atomic E-state index is 0.0923. The largest absolute Gasteiger partial charge is 0.390 e. The zero-order valence-corrected chi connectivity index (χ0v) is 8.72. The molecule has 1 aliphatic rings. The zero-order valence-electron chi connectivity index (χ0n) is 8.72. The second-order valence-corrected chi connectivity index (χ2v) is 4.21. The maximum absolute atomic E-state index is 9.80. The van der Waals surface area contributed by atoms with Gasteiger partial charge >= 0.3 is 0 Å². The number of aromatic nitrogens is 2. The Balaban J connectivity index is 2.11. The van der Waals surface area contributed by atoms with E-state index in [1.54, 1.807) is 6.07 Å². The van der Waals surface area contributed by atoms with E-state index in [4.69, 9.17) is 5.11 Å². The van der Waals surface area contributed by atoms with Crippen molar-refractivity contribution in [2.45, 2.75) is 25.6 Å². The summed E-state index contributed by atoms with van der Waals surface area (Å²) in [5, 5.41) is 26.5. The zero-order chi connectivity index (χ0) is 10.9. The monoisotopic (exact) mass is 209 g/mol. The molecule has 0 amide bonds. The Kier molecular flexibility index (Phi) is 2.58. The lowest BCUT2D eigenvalue weighted by Crippen LogP contribution is -2.30. The van der Waals surface area contributed by atoms with E-state index in [-0.39, 0.29) is 6.61 Å². The van der Waals surface area contributed by atoms with Gasteiger partial charge < -0.3 is 15.1 Å². The second kappa shape index (κ2) is 3.75. The van der Waals surface area contributed by atoms with Crippen molar-refractivity contribution < 1.29 is 10.2 Å². The maximum atomic E-state index is 9.80. The van der Waals surface area contributed by atoms with Crippen LogP contribution in [0, 0.1) is 0 Å². The van der Waals surface area contributed by atoms with Gasteiger partial charge in [-0.05, 0) is 25.5 Å². The van der Waals surface area contributed by atoms with E-state index < -0.39 is 5.60 Å². The molecule has 0 saturated carbocycles. The predicted molar refractivity (Wildman–Crippen MR) is 55.4 cm³/mol. The molecule has 2 rings (SSSR count). The van der Waals surface area contributed by atoms with Crippen molar-refractivity contribution in [3.05, 3.63) is 17.8 Å². The lowest BCUT2D eigenvalue weighted by Gasteiger charge is -2.19. The van der Waals surface area contributed by atoms with E-state index in [0.29, 0.717) is 12.2 Å². The summed E-state index contributed by atoms with van der Waals surface area (Å²) < 4.78 is 0. The van der Waals surface area contributed by atoms with Crippen LogP contribution >= 0.6 is 0 Å². The fourth-order valence-corrected chi connectivity index (χ4v) is 1.75. The van der Waals surface area contributed by atoms with Gasteiger partial charge in [0, 0.05) is 13.1 Å². The first-order chi connectivity index (χ1) is 7.11. The van der Waals surface area contributed by atoms with Gasteiger partial charge in [0.15, 0.2) is 5.82 Å². The summed E-state index contributed by atoms with van der Waals surface area (Å²) in [5.74, 6) is 0.755. The third-order valence-electron chi connectivity index (χ3n) is 2.64. The minimum Gasteiger partial charge on any atom is -0.390 e. The number of rotatable bonds is 2. The molecule has 1 atom stereocenters. The number of hydrogen-bond acceptors (Lipinski definition) is 5. The summed E-state index contributed by atoms with van der Waals surface area (Å²) in [5.41, 5.74) is -0.0677. The first-order valence-corrected chi connectivity index (χ1v) is 5.01. The molecule has 82 valence electrons. The van der Waals surface area contributed by atoms with E-state index in [9.17, 15) is 5.11 Å². The molecule has 5 heteroatoms. The SMILES string of the molecule is CC1(O)CCN(c2ccc(CO)nn2)C1. The van der Waals surface area contributed by atoms with Crippen molar-refractivity contribution in [3.8, 4) is 0 Å². The van der Waals surface area contributed by atoms with Gasteiger partial charge in [0.05, 0.1) is 17.9 Å². The fourth-order valence-electron chi connectivity index (χ4n) is 1.75. The highest BCUT2D eigenvalue weighted by Crippen LogP contribution is 2.24. The van der Waals surface area contributed by atoms with Gasteiger partial charge in [-0.15, -0.1) is 5.10 Å². The van der Waals surface area contributed by atoms with E-state index in [1.807, 2.05) is 17.9 Å². The molecule has 1 fully saturated rings. The standard InChI is InChI=1S/C10H15N3O2/c1-10(15)4-5-13(7-10)9-3-2-8(6-14)11-12-9/h2-3,14-15H,4-7H2,1H3. The molecule has 0 spiro atoms. The smallest absolute Gasteiger partial charge is 0.151 e. The third kappa shape index (κ3) is 2.24. The number of β-amino-alcohol motifs (C(OH)–C–C–N with tert-alkyl or cyclic N) is 1. The van der Waals surface area contributed by atoms with Crippen LogP contribution < -0.4 is 4.90 Å². The van der Waals surface area contributed by atoms with Crippen LogP contribution in [0.5, 0.6) is 0 Å². The Morgan fingerprint density at radius 2 is 2.27 bits per heavy atom. The maximum Gasteiger partial charge on any atom is 0.151 e. The molecule has 1 aromatic rings. The lowest BCUT2D eigenvalue weighted by atomic mass is 10.1. The third-order valence-corrected chi connectivity index (χ3v) is 2.64. The Bertz CT molecular complexity index is 337. The first kappa shape index (κ1) is 10.3. The second-order valence-electron chi connectivity index (χ2n) is 4.21. The molecule has 1 unspecified atom stereocenters. The van der Waals surface area contributed by atoms with E-state index in [1.165, 1.54) is 0 Å². The molecular weight excluding hydrogens is 194 g/mol. The van der Waals surface area contributed by atoms with Crippen LogP contribution in [0.15, 0.2) is 12.1 Å². The van der Waals surface area contributed by atoms with E-state index in [0.717, 1.165) is 18.8 Å². The van der Waals surface area contributed by atoms with E-state index >= 15 is 0 Å². The van der Waals surface area contributed by atoms with Gasteiger partial charge in [-0.2, -0.15) is 5.10 Å². The van der Waals surface area contributed by atoms with Gasteiger partial charge in [-0.25, -0.2) is 0 Å². The molecule has 0 bridgehead atoms. The van der Waals surface area contributed by atoms with Gasteiger partial charge in [-0.1, -0.05) is 0 Å². The van der Waals surface area contributed by atoms with Gasteiger partial charge in [0.1, 0.15) is 0 Å². The van der Waals surface area contributed by atoms with Crippen LogP contribution in [0.4, 0.5) is 5.82 Å². The highest BCUT2D eigenvalue weighted by molar-refractivity contribution is 5.39. The van der Waals surface area contributed by atoms with Crippen LogP contribution in [0.2, 0.25) is 0 Å². The summed E-state index contributed by atoms with van der Waals surface area (Å²) >= 11 is 0. The predicted octanol–water partition coefficient (Wildman–Crippen LogP) is -0.0700. The number of anilines is 1. The lowest BCUT2D eigenvalue weighted by molar-refractivity contribution is 0.0839. The van der Waals surface area contributed by atoms with Crippen LogP contribution in [0.25, 0.3) is 0 Å². The molecule has 5 nitrogen and oxygen atoms in total. The van der Waals surface area contributed by atoms with Crippen molar-refractivity contribution in [3.63, 3.8) is 0 Å². The van der Waals surface area contributed by atoms with Gasteiger partial charge in [0.2, 0.25) is 0 Å². The van der Waals surface area contributed by atoms with Crippen molar-refractivity contribution in [2.75, 3.05) is 18.0 Å². The molecule has 1 saturated heterocycles. The highest BCUT2D eigenvalue weighted by Gasteiger charge is 2.31. The quantitative estimate of drug-likeness (QED) is 0.713.